The third-order valence-electron chi connectivity index (χ3n) is 3.59. The van der Waals surface area contributed by atoms with Crippen LogP contribution in [0.5, 0.6) is 11.5 Å². The lowest BCUT2D eigenvalue weighted by Crippen LogP contribution is -2.25. The largest absolute Gasteiger partial charge is 0.490 e. The first-order chi connectivity index (χ1) is 9.25. The molecule has 1 aromatic carbocycles. The molecule has 2 heterocycles. The molecule has 19 heavy (non-hydrogen) atoms. The van der Waals surface area contributed by atoms with Gasteiger partial charge in [-0.3, -0.25) is 0 Å². The number of hydrogen-bond acceptors (Lipinski definition) is 4. The summed E-state index contributed by atoms with van der Waals surface area (Å²) < 4.78 is 18.0. The van der Waals surface area contributed by atoms with Crippen LogP contribution in [-0.4, -0.2) is 25.9 Å². The molecule has 4 nitrogen and oxygen atoms in total. The molecule has 0 bridgehead atoms. The average Bonchev–Trinajstić information content (AvgIpc) is 2.84. The fraction of sp³-hybridized carbons (Fsp3) is 0.571. The minimum atomic E-state index is -0.131. The van der Waals surface area contributed by atoms with Gasteiger partial charge in [0.1, 0.15) is 0 Å². The molecule has 1 aromatic rings. The molecule has 0 saturated carbocycles. The molecule has 2 unspecified atom stereocenters. The highest BCUT2D eigenvalue weighted by Crippen LogP contribution is 2.39. The number of rotatable bonds is 2. The van der Waals surface area contributed by atoms with Crippen molar-refractivity contribution in [1.82, 2.24) is 0 Å². The second-order valence-electron chi connectivity index (χ2n) is 4.95. The highest BCUT2D eigenvalue weighted by Gasteiger charge is 2.27. The number of hydrogen-bond donors (Lipinski definition) is 1. The monoisotopic (exact) mass is 327 g/mol. The summed E-state index contributed by atoms with van der Waals surface area (Å²) in [5.74, 6) is 1.57. The van der Waals surface area contributed by atoms with Crippen molar-refractivity contribution in [2.45, 2.75) is 31.4 Å². The molecule has 5 heteroatoms. The van der Waals surface area contributed by atoms with Gasteiger partial charge in [-0.25, -0.2) is 0 Å². The molecule has 104 valence electrons. The lowest BCUT2D eigenvalue weighted by molar-refractivity contribution is 0.0898. The van der Waals surface area contributed by atoms with Gasteiger partial charge >= 0.3 is 0 Å². The lowest BCUT2D eigenvalue weighted by atomic mass is 10.00. The van der Waals surface area contributed by atoms with E-state index in [2.05, 4.69) is 15.9 Å². The van der Waals surface area contributed by atoms with Crippen LogP contribution < -0.4 is 15.2 Å². The van der Waals surface area contributed by atoms with Crippen LogP contribution in [-0.2, 0) is 4.74 Å². The number of ether oxygens (including phenoxy) is 3. The molecule has 0 aliphatic carbocycles. The minimum Gasteiger partial charge on any atom is -0.490 e. The van der Waals surface area contributed by atoms with E-state index in [1.54, 1.807) is 0 Å². The van der Waals surface area contributed by atoms with Gasteiger partial charge in [0, 0.05) is 17.5 Å². The summed E-state index contributed by atoms with van der Waals surface area (Å²) in [7, 11) is 0. The average molecular weight is 328 g/mol. The first-order valence-corrected chi connectivity index (χ1v) is 7.51. The quantitative estimate of drug-likeness (QED) is 0.907. The first kappa shape index (κ1) is 13.2. The summed E-state index contributed by atoms with van der Waals surface area (Å²) in [5.41, 5.74) is 7.35. The predicted octanol–water partition coefficient (Wildman–Crippen LogP) is 2.79. The fourth-order valence-corrected chi connectivity index (χ4v) is 3.13. The summed E-state index contributed by atoms with van der Waals surface area (Å²) in [5, 5.41) is 0. The lowest BCUT2D eigenvalue weighted by Gasteiger charge is -2.21. The van der Waals surface area contributed by atoms with Crippen molar-refractivity contribution >= 4 is 15.9 Å². The van der Waals surface area contributed by atoms with E-state index in [1.165, 1.54) is 0 Å². The van der Waals surface area contributed by atoms with Crippen LogP contribution in [0, 0.1) is 0 Å². The Balaban J connectivity index is 1.90. The van der Waals surface area contributed by atoms with Gasteiger partial charge in [0.25, 0.3) is 0 Å². The summed E-state index contributed by atoms with van der Waals surface area (Å²) in [6, 6.07) is 3.80. The molecule has 0 radical (unpaired) electrons. The standard InChI is InChI=1S/C14H18BrNO3/c15-10-8-13-12(18-5-2-6-19-13)7-9(10)14(16)11-3-1-4-17-11/h7-8,11,14H,1-6,16H2. The van der Waals surface area contributed by atoms with Crippen LogP contribution in [0.1, 0.15) is 30.9 Å². The van der Waals surface area contributed by atoms with Crippen molar-refractivity contribution in [3.8, 4) is 11.5 Å². The molecule has 1 fully saturated rings. The second kappa shape index (κ2) is 5.69. The van der Waals surface area contributed by atoms with Crippen LogP contribution in [0.3, 0.4) is 0 Å². The molecule has 1 saturated heterocycles. The van der Waals surface area contributed by atoms with Gasteiger partial charge in [0.2, 0.25) is 0 Å². The SMILES string of the molecule is NC(c1cc2c(cc1Br)OCCCO2)C1CCCO1. The number of nitrogens with two attached hydrogens (primary N) is 1. The molecular formula is C14H18BrNO3. The van der Waals surface area contributed by atoms with E-state index in [-0.39, 0.29) is 12.1 Å². The van der Waals surface area contributed by atoms with Crippen molar-refractivity contribution < 1.29 is 14.2 Å². The molecule has 0 spiro atoms. The zero-order chi connectivity index (χ0) is 13.2. The Bertz CT molecular complexity index is 460. The summed E-state index contributed by atoms with van der Waals surface area (Å²) in [6.07, 6.45) is 3.10. The second-order valence-corrected chi connectivity index (χ2v) is 5.80. The Morgan fingerprint density at radius 1 is 1.11 bits per heavy atom. The molecule has 0 aromatic heterocycles. The molecular weight excluding hydrogens is 310 g/mol. The van der Waals surface area contributed by atoms with Gasteiger partial charge in [-0.15, -0.1) is 0 Å². The zero-order valence-corrected chi connectivity index (χ0v) is 12.3. The Hall–Kier alpha value is -0.780. The third-order valence-corrected chi connectivity index (χ3v) is 4.28. The summed E-state index contributed by atoms with van der Waals surface area (Å²) in [6.45, 7) is 2.18. The van der Waals surface area contributed by atoms with Gasteiger partial charge in [0.15, 0.2) is 11.5 Å². The molecule has 2 atom stereocenters. The smallest absolute Gasteiger partial charge is 0.162 e. The summed E-state index contributed by atoms with van der Waals surface area (Å²) in [4.78, 5) is 0. The Morgan fingerprint density at radius 3 is 2.53 bits per heavy atom. The van der Waals surface area contributed by atoms with Crippen molar-refractivity contribution in [3.63, 3.8) is 0 Å². The molecule has 0 amide bonds. The van der Waals surface area contributed by atoms with E-state index in [9.17, 15) is 0 Å². The maximum Gasteiger partial charge on any atom is 0.162 e. The first-order valence-electron chi connectivity index (χ1n) is 6.72. The van der Waals surface area contributed by atoms with Gasteiger partial charge in [0.05, 0.1) is 25.4 Å². The Morgan fingerprint density at radius 2 is 1.84 bits per heavy atom. The van der Waals surface area contributed by atoms with Crippen molar-refractivity contribution in [2.24, 2.45) is 5.73 Å². The Labute approximate surface area is 121 Å². The van der Waals surface area contributed by atoms with E-state index in [0.29, 0.717) is 13.2 Å². The van der Waals surface area contributed by atoms with Crippen LogP contribution in [0.4, 0.5) is 0 Å². The highest BCUT2D eigenvalue weighted by molar-refractivity contribution is 9.10. The number of fused-ring (bicyclic) bond motifs is 1. The summed E-state index contributed by atoms with van der Waals surface area (Å²) >= 11 is 3.58. The van der Waals surface area contributed by atoms with E-state index >= 15 is 0 Å². The Kier molecular flexibility index (Phi) is 3.96. The normalized spacial score (nSPS) is 24.0. The number of benzene rings is 1. The van der Waals surface area contributed by atoms with E-state index in [1.807, 2.05) is 12.1 Å². The number of halogens is 1. The van der Waals surface area contributed by atoms with Crippen molar-refractivity contribution in [1.29, 1.82) is 0 Å². The third kappa shape index (κ3) is 2.73. The molecule has 2 aliphatic rings. The molecule has 2 aliphatic heterocycles. The van der Waals surface area contributed by atoms with Crippen molar-refractivity contribution in [2.75, 3.05) is 19.8 Å². The van der Waals surface area contributed by atoms with E-state index < -0.39 is 0 Å². The zero-order valence-electron chi connectivity index (χ0n) is 10.7. The van der Waals surface area contributed by atoms with Gasteiger partial charge < -0.3 is 19.9 Å². The fourth-order valence-electron chi connectivity index (χ4n) is 2.54. The molecule has 2 N–H and O–H groups in total. The van der Waals surface area contributed by atoms with Crippen LogP contribution in [0.25, 0.3) is 0 Å². The minimum absolute atomic E-state index is 0.0982. The van der Waals surface area contributed by atoms with Crippen molar-refractivity contribution in [3.05, 3.63) is 22.2 Å². The van der Waals surface area contributed by atoms with E-state index in [4.69, 9.17) is 19.9 Å². The highest BCUT2D eigenvalue weighted by atomic mass is 79.9. The predicted molar refractivity (Wildman–Crippen MR) is 75.7 cm³/mol. The van der Waals surface area contributed by atoms with Gasteiger partial charge in [-0.05, 0) is 30.5 Å². The van der Waals surface area contributed by atoms with Gasteiger partial charge in [-0.2, -0.15) is 0 Å². The maximum atomic E-state index is 6.32. The van der Waals surface area contributed by atoms with Crippen LogP contribution in [0.15, 0.2) is 16.6 Å². The van der Waals surface area contributed by atoms with E-state index in [0.717, 1.165) is 47.4 Å². The topological polar surface area (TPSA) is 53.7 Å². The van der Waals surface area contributed by atoms with Gasteiger partial charge in [-0.1, -0.05) is 15.9 Å². The maximum absolute atomic E-state index is 6.32. The van der Waals surface area contributed by atoms with Crippen LogP contribution in [0.2, 0.25) is 0 Å². The molecule has 3 rings (SSSR count). The van der Waals surface area contributed by atoms with Crippen LogP contribution >= 0.6 is 15.9 Å².